The minimum absolute atomic E-state index is 0.0138. The number of carbonyl (C=O) groups is 1. The van der Waals surface area contributed by atoms with Gasteiger partial charge in [-0.3, -0.25) is 4.79 Å². The molecule has 0 aliphatic carbocycles. The van der Waals surface area contributed by atoms with Gasteiger partial charge in [0.15, 0.2) is 0 Å². The molecule has 0 radical (unpaired) electrons. The van der Waals surface area contributed by atoms with Gasteiger partial charge in [0.25, 0.3) is 5.91 Å². The molecule has 25 heavy (non-hydrogen) atoms. The summed E-state index contributed by atoms with van der Waals surface area (Å²) < 4.78 is 5.29. The lowest BCUT2D eigenvalue weighted by Gasteiger charge is -2.16. The first-order valence-electron chi connectivity index (χ1n) is 7.98. The zero-order valence-corrected chi connectivity index (χ0v) is 15.4. The number of hydrogen-bond acceptors (Lipinski definition) is 3. The summed E-state index contributed by atoms with van der Waals surface area (Å²) in [6, 6.07) is 12.5. The van der Waals surface area contributed by atoms with Crippen molar-refractivity contribution in [2.24, 2.45) is 0 Å². The minimum atomic E-state index is -0.217. The van der Waals surface area contributed by atoms with Crippen LogP contribution in [0, 0.1) is 6.92 Å². The minimum Gasteiger partial charge on any atom is -0.497 e. The van der Waals surface area contributed by atoms with Crippen LogP contribution >= 0.6 is 11.6 Å². The van der Waals surface area contributed by atoms with Gasteiger partial charge >= 0.3 is 0 Å². The van der Waals surface area contributed by atoms with Crippen molar-refractivity contribution in [2.45, 2.75) is 20.3 Å². The quantitative estimate of drug-likeness (QED) is 0.812. The Kier molecular flexibility index (Phi) is 6.62. The van der Waals surface area contributed by atoms with Crippen molar-refractivity contribution in [3.05, 3.63) is 69.9 Å². The van der Waals surface area contributed by atoms with Crippen LogP contribution in [0.15, 0.2) is 48.2 Å². The Bertz CT molecular complexity index is 782. The fourth-order valence-electron chi connectivity index (χ4n) is 2.61. The number of halogens is 1. The van der Waals surface area contributed by atoms with Crippen molar-refractivity contribution in [3.63, 3.8) is 0 Å². The second-order valence-electron chi connectivity index (χ2n) is 5.72. The molecule has 0 aliphatic heterocycles. The highest BCUT2D eigenvalue weighted by atomic mass is 35.5. The van der Waals surface area contributed by atoms with Crippen LogP contribution < -0.4 is 10.1 Å². The van der Waals surface area contributed by atoms with E-state index in [-0.39, 0.29) is 12.5 Å². The van der Waals surface area contributed by atoms with E-state index < -0.39 is 0 Å². The first-order chi connectivity index (χ1) is 12.0. The van der Waals surface area contributed by atoms with Crippen molar-refractivity contribution in [1.82, 2.24) is 5.32 Å². The Morgan fingerprint density at radius 3 is 2.48 bits per heavy atom. The second kappa shape index (κ2) is 8.70. The van der Waals surface area contributed by atoms with E-state index in [4.69, 9.17) is 16.3 Å². The fraction of sp³-hybridized carbons (Fsp3) is 0.250. The summed E-state index contributed by atoms with van der Waals surface area (Å²) in [6.07, 6.45) is 0.431. The molecule has 0 unspecified atom stereocenters. The van der Waals surface area contributed by atoms with E-state index in [1.54, 1.807) is 31.4 Å². The van der Waals surface area contributed by atoms with E-state index in [0.717, 1.165) is 22.4 Å². The Morgan fingerprint density at radius 2 is 1.88 bits per heavy atom. The molecule has 1 amide bonds. The molecule has 0 saturated carbocycles. The van der Waals surface area contributed by atoms with Gasteiger partial charge in [-0.2, -0.15) is 0 Å². The summed E-state index contributed by atoms with van der Waals surface area (Å²) in [7, 11) is 1.61. The van der Waals surface area contributed by atoms with Gasteiger partial charge < -0.3 is 15.2 Å². The second-order valence-corrected chi connectivity index (χ2v) is 6.16. The predicted molar refractivity (Wildman–Crippen MR) is 101 cm³/mol. The highest BCUT2D eigenvalue weighted by Crippen LogP contribution is 2.28. The van der Waals surface area contributed by atoms with E-state index >= 15 is 0 Å². The fourth-order valence-corrected chi connectivity index (χ4v) is 2.73. The zero-order valence-electron chi connectivity index (χ0n) is 14.6. The number of carbonyl (C=O) groups excluding carboxylic acids is 1. The van der Waals surface area contributed by atoms with Gasteiger partial charge in [0.1, 0.15) is 5.75 Å². The van der Waals surface area contributed by atoms with Crippen LogP contribution in [0.1, 0.15) is 34.8 Å². The highest BCUT2D eigenvalue weighted by Gasteiger charge is 2.13. The van der Waals surface area contributed by atoms with E-state index in [0.29, 0.717) is 22.7 Å². The third kappa shape index (κ3) is 4.84. The largest absolute Gasteiger partial charge is 0.497 e. The molecule has 0 aromatic heterocycles. The molecule has 2 rings (SSSR count). The van der Waals surface area contributed by atoms with Crippen LogP contribution in [-0.4, -0.2) is 24.7 Å². The van der Waals surface area contributed by atoms with Gasteiger partial charge in [0.2, 0.25) is 0 Å². The van der Waals surface area contributed by atoms with E-state index in [2.05, 4.69) is 5.32 Å². The Morgan fingerprint density at radius 1 is 1.20 bits per heavy atom. The Hall–Kier alpha value is -2.30. The molecule has 4 nitrogen and oxygen atoms in total. The maximum Gasteiger partial charge on any atom is 0.255 e. The lowest BCUT2D eigenvalue weighted by molar-refractivity contribution is 0.0966. The maximum absolute atomic E-state index is 12.4. The number of amides is 1. The Balaban J connectivity index is 2.36. The van der Waals surface area contributed by atoms with Crippen molar-refractivity contribution in [3.8, 4) is 5.75 Å². The number of methoxy groups -OCH3 is 1. The highest BCUT2D eigenvalue weighted by molar-refractivity contribution is 6.30. The molecule has 5 heteroatoms. The van der Waals surface area contributed by atoms with E-state index in [9.17, 15) is 9.90 Å². The zero-order chi connectivity index (χ0) is 18.4. The molecule has 2 N–H and O–H groups in total. The number of ether oxygens (including phenoxy) is 1. The molecular formula is C20H22ClNO3. The number of benzene rings is 2. The number of rotatable bonds is 6. The lowest BCUT2D eigenvalue weighted by Crippen LogP contribution is -2.22. The lowest BCUT2D eigenvalue weighted by atomic mass is 9.96. The van der Waals surface area contributed by atoms with Crippen LogP contribution in [0.2, 0.25) is 5.02 Å². The van der Waals surface area contributed by atoms with Crippen molar-refractivity contribution in [1.29, 1.82) is 0 Å². The molecule has 0 saturated heterocycles. The standard InChI is InChI=1S/C20H22ClNO3/c1-13-4-9-17(25-3)12-19(13)18(10-11-23)14(2)22-20(24)15-5-7-16(21)8-6-15/h4-9,12,23H,10-11H2,1-3H3,(H,22,24)/b18-14-. The van der Waals surface area contributed by atoms with E-state index in [1.807, 2.05) is 32.0 Å². The van der Waals surface area contributed by atoms with Crippen LogP contribution in [0.5, 0.6) is 5.75 Å². The SMILES string of the molecule is COc1ccc(C)c(/C(CCO)=C(/C)NC(=O)c2ccc(Cl)cc2)c1. The van der Waals surface area contributed by atoms with Gasteiger partial charge in [0, 0.05) is 22.9 Å². The third-order valence-electron chi connectivity index (χ3n) is 3.99. The molecule has 0 heterocycles. The summed E-state index contributed by atoms with van der Waals surface area (Å²) in [4.78, 5) is 12.4. The monoisotopic (exact) mass is 359 g/mol. The molecule has 0 aliphatic rings. The van der Waals surface area contributed by atoms with Crippen molar-refractivity contribution in [2.75, 3.05) is 13.7 Å². The van der Waals surface area contributed by atoms with Crippen LogP contribution in [0.25, 0.3) is 5.57 Å². The summed E-state index contributed by atoms with van der Waals surface area (Å²) in [6.45, 7) is 3.80. The Labute approximate surface area is 153 Å². The number of aryl methyl sites for hydroxylation is 1. The van der Waals surface area contributed by atoms with Gasteiger partial charge in [-0.05, 0) is 73.4 Å². The summed E-state index contributed by atoms with van der Waals surface area (Å²) in [5, 5.41) is 12.9. The van der Waals surface area contributed by atoms with Crippen LogP contribution in [-0.2, 0) is 0 Å². The molecule has 132 valence electrons. The summed E-state index contributed by atoms with van der Waals surface area (Å²) >= 11 is 5.86. The molecule has 0 fully saturated rings. The average molecular weight is 360 g/mol. The first-order valence-corrected chi connectivity index (χ1v) is 8.36. The third-order valence-corrected chi connectivity index (χ3v) is 4.24. The van der Waals surface area contributed by atoms with Gasteiger partial charge in [-0.15, -0.1) is 0 Å². The molecule has 0 bridgehead atoms. The number of allylic oxidation sites excluding steroid dienone is 1. The van der Waals surface area contributed by atoms with Gasteiger partial charge in [-0.25, -0.2) is 0 Å². The van der Waals surface area contributed by atoms with Crippen LogP contribution in [0.4, 0.5) is 0 Å². The van der Waals surface area contributed by atoms with Gasteiger partial charge in [-0.1, -0.05) is 17.7 Å². The summed E-state index contributed by atoms with van der Waals surface area (Å²) in [5.41, 5.74) is 4.09. The number of aliphatic hydroxyl groups excluding tert-OH is 1. The predicted octanol–water partition coefficient (Wildman–Crippen LogP) is 4.20. The average Bonchev–Trinajstić information content (AvgIpc) is 2.60. The number of aliphatic hydroxyl groups is 1. The van der Waals surface area contributed by atoms with Gasteiger partial charge in [0.05, 0.1) is 7.11 Å². The van der Waals surface area contributed by atoms with Crippen LogP contribution in [0.3, 0.4) is 0 Å². The van der Waals surface area contributed by atoms with Crippen molar-refractivity contribution < 1.29 is 14.6 Å². The van der Waals surface area contributed by atoms with E-state index in [1.165, 1.54) is 0 Å². The summed E-state index contributed by atoms with van der Waals surface area (Å²) in [5.74, 6) is 0.512. The molecule has 0 atom stereocenters. The topological polar surface area (TPSA) is 58.6 Å². The molecule has 0 spiro atoms. The molecule has 2 aromatic carbocycles. The first kappa shape index (κ1) is 19.0. The number of nitrogens with one attached hydrogen (secondary N) is 1. The maximum atomic E-state index is 12.4. The molecular weight excluding hydrogens is 338 g/mol. The normalized spacial score (nSPS) is 11.7. The number of hydrogen-bond donors (Lipinski definition) is 2. The van der Waals surface area contributed by atoms with Crippen molar-refractivity contribution >= 4 is 23.1 Å². The molecule has 2 aromatic rings. The smallest absolute Gasteiger partial charge is 0.255 e.